The fourth-order valence-electron chi connectivity index (χ4n) is 3.45. The van der Waals surface area contributed by atoms with Crippen LogP contribution in [0.5, 0.6) is 17.2 Å². The number of rotatable bonds is 9. The molecule has 0 aliphatic heterocycles. The predicted octanol–water partition coefficient (Wildman–Crippen LogP) is 6.51. The molecule has 0 spiro atoms. The molecular weight excluding hydrogens is 366 g/mol. The minimum absolute atomic E-state index is 0.544. The summed E-state index contributed by atoms with van der Waals surface area (Å²) in [7, 11) is 4.96. The van der Waals surface area contributed by atoms with Gasteiger partial charge in [-0.3, -0.25) is 0 Å². The number of hydrogen-bond donors (Lipinski definition) is 0. The van der Waals surface area contributed by atoms with Crippen molar-refractivity contribution in [2.75, 3.05) is 27.9 Å². The summed E-state index contributed by atoms with van der Waals surface area (Å²) in [5, 5.41) is 7.99. The van der Waals surface area contributed by atoms with Crippen molar-refractivity contribution in [3.05, 3.63) is 58.5 Å². The number of methoxy groups -OCH3 is 3. The maximum Gasteiger partial charge on any atom is 0.161 e. The van der Waals surface area contributed by atoms with E-state index in [1.54, 1.807) is 21.3 Å². The average molecular weight is 391 g/mol. The van der Waals surface area contributed by atoms with Crippen molar-refractivity contribution in [3.63, 3.8) is 0 Å². The Kier molecular flexibility index (Phi) is 6.82. The zero-order valence-corrected chi connectivity index (χ0v) is 17.0. The Morgan fingerprint density at radius 2 is 1.66 bits per heavy atom. The first kappa shape index (κ1) is 20.4. The highest BCUT2D eigenvalue weighted by Crippen LogP contribution is 2.39. The number of fused-ring (bicyclic) bond motifs is 3. The molecule has 0 aromatic heterocycles. The molecular formula is C23H25N3O3. The van der Waals surface area contributed by atoms with E-state index in [9.17, 15) is 0 Å². The van der Waals surface area contributed by atoms with Crippen LogP contribution in [-0.4, -0.2) is 27.9 Å². The molecule has 29 heavy (non-hydrogen) atoms. The number of azide groups is 1. The zero-order valence-electron chi connectivity index (χ0n) is 17.0. The number of nitrogens with zero attached hydrogens (tertiary/aromatic N) is 3. The highest BCUT2D eigenvalue weighted by molar-refractivity contribution is 6.12. The molecule has 6 nitrogen and oxygen atoms in total. The van der Waals surface area contributed by atoms with Gasteiger partial charge in [0.25, 0.3) is 0 Å². The number of hydrogen-bond acceptors (Lipinski definition) is 4. The first-order valence-corrected chi connectivity index (χ1v) is 9.55. The molecule has 0 bridgehead atoms. The first-order valence-electron chi connectivity index (χ1n) is 9.55. The van der Waals surface area contributed by atoms with Gasteiger partial charge in [-0.2, -0.15) is 0 Å². The lowest BCUT2D eigenvalue weighted by atomic mass is 9.96. The second-order valence-electron chi connectivity index (χ2n) is 6.66. The standard InChI is InChI=1S/C23H25N3O3/c1-27-18-10-9-17-12-16(8-6-4-5-7-11-25-26-24)20-14-22(28-2)23(29-3)15-21(20)19(17)13-18/h6,8-10,12-15H,4-5,7,11H2,1-3H3/b8-6-. The van der Waals surface area contributed by atoms with Gasteiger partial charge in [0.1, 0.15) is 5.75 Å². The van der Waals surface area contributed by atoms with Gasteiger partial charge in [0, 0.05) is 11.5 Å². The van der Waals surface area contributed by atoms with E-state index in [0.717, 1.165) is 52.1 Å². The van der Waals surface area contributed by atoms with Gasteiger partial charge in [-0.1, -0.05) is 23.3 Å². The van der Waals surface area contributed by atoms with Gasteiger partial charge in [-0.25, -0.2) is 0 Å². The molecule has 0 amide bonds. The molecule has 6 heteroatoms. The van der Waals surface area contributed by atoms with E-state index in [2.05, 4.69) is 34.3 Å². The number of unbranched alkanes of at least 4 members (excludes halogenated alkanes) is 2. The van der Waals surface area contributed by atoms with Crippen LogP contribution in [0.1, 0.15) is 24.8 Å². The van der Waals surface area contributed by atoms with Crippen LogP contribution < -0.4 is 14.2 Å². The van der Waals surface area contributed by atoms with Crippen LogP contribution in [0.15, 0.2) is 47.6 Å². The van der Waals surface area contributed by atoms with Crippen molar-refractivity contribution in [2.24, 2.45) is 5.11 Å². The lowest BCUT2D eigenvalue weighted by molar-refractivity contribution is 0.356. The zero-order chi connectivity index (χ0) is 20.6. The minimum atomic E-state index is 0.544. The summed E-state index contributed by atoms with van der Waals surface area (Å²) >= 11 is 0. The fourth-order valence-corrected chi connectivity index (χ4v) is 3.45. The molecule has 0 saturated carbocycles. The minimum Gasteiger partial charge on any atom is -0.497 e. The Morgan fingerprint density at radius 1 is 0.897 bits per heavy atom. The SMILES string of the molecule is COc1ccc2cc(/C=C\CCCCN=[N+]=[N-])c3cc(OC)c(OC)cc3c2c1. The van der Waals surface area contributed by atoms with Crippen molar-refractivity contribution < 1.29 is 14.2 Å². The number of allylic oxidation sites excluding steroid dienone is 1. The third kappa shape index (κ3) is 4.55. The van der Waals surface area contributed by atoms with Crippen LogP contribution in [0.4, 0.5) is 0 Å². The summed E-state index contributed by atoms with van der Waals surface area (Å²) in [6.45, 7) is 0.544. The van der Waals surface area contributed by atoms with Gasteiger partial charge >= 0.3 is 0 Å². The quantitative estimate of drug-likeness (QED) is 0.137. The van der Waals surface area contributed by atoms with E-state index in [4.69, 9.17) is 19.7 Å². The molecule has 0 N–H and O–H groups in total. The summed E-state index contributed by atoms with van der Waals surface area (Å²) in [4.78, 5) is 2.78. The van der Waals surface area contributed by atoms with Crippen LogP contribution >= 0.6 is 0 Å². The maximum absolute atomic E-state index is 8.34. The predicted molar refractivity (Wildman–Crippen MR) is 118 cm³/mol. The van der Waals surface area contributed by atoms with Crippen molar-refractivity contribution >= 4 is 27.6 Å². The maximum atomic E-state index is 8.34. The molecule has 3 aromatic rings. The van der Waals surface area contributed by atoms with Gasteiger partial charge in [-0.15, -0.1) is 0 Å². The van der Waals surface area contributed by atoms with Crippen LogP contribution in [0, 0.1) is 0 Å². The Hall–Kier alpha value is -3.37. The summed E-state index contributed by atoms with van der Waals surface area (Å²) in [5.74, 6) is 2.21. The van der Waals surface area contributed by atoms with Gasteiger partial charge in [0.05, 0.1) is 21.3 Å². The second-order valence-corrected chi connectivity index (χ2v) is 6.66. The molecule has 0 fully saturated rings. The third-order valence-electron chi connectivity index (χ3n) is 4.94. The molecule has 3 aromatic carbocycles. The molecule has 0 saturated heterocycles. The molecule has 0 atom stereocenters. The van der Waals surface area contributed by atoms with E-state index in [0.29, 0.717) is 18.0 Å². The van der Waals surface area contributed by atoms with Crippen molar-refractivity contribution in [1.29, 1.82) is 0 Å². The van der Waals surface area contributed by atoms with E-state index in [1.165, 1.54) is 0 Å². The molecule has 0 radical (unpaired) electrons. The molecule has 0 aliphatic rings. The van der Waals surface area contributed by atoms with Crippen molar-refractivity contribution in [3.8, 4) is 17.2 Å². The average Bonchev–Trinajstić information content (AvgIpc) is 2.77. The van der Waals surface area contributed by atoms with Gasteiger partial charge in [0.15, 0.2) is 11.5 Å². The molecule has 3 rings (SSSR count). The Balaban J connectivity index is 2.06. The summed E-state index contributed by atoms with van der Waals surface area (Å²) < 4.78 is 16.5. The first-order chi connectivity index (χ1) is 14.2. The second kappa shape index (κ2) is 9.71. The van der Waals surface area contributed by atoms with Crippen molar-refractivity contribution in [1.82, 2.24) is 0 Å². The van der Waals surface area contributed by atoms with Gasteiger partial charge < -0.3 is 14.2 Å². The van der Waals surface area contributed by atoms with Crippen LogP contribution in [0.3, 0.4) is 0 Å². The third-order valence-corrected chi connectivity index (χ3v) is 4.94. The Bertz CT molecular complexity index is 1090. The lowest BCUT2D eigenvalue weighted by Gasteiger charge is -2.14. The molecule has 0 unspecified atom stereocenters. The number of benzene rings is 3. The van der Waals surface area contributed by atoms with Gasteiger partial charge in [-0.05, 0) is 82.2 Å². The number of ether oxygens (including phenoxy) is 3. The highest BCUT2D eigenvalue weighted by atomic mass is 16.5. The van der Waals surface area contributed by atoms with E-state index in [1.807, 2.05) is 24.3 Å². The largest absolute Gasteiger partial charge is 0.497 e. The van der Waals surface area contributed by atoms with E-state index >= 15 is 0 Å². The normalized spacial score (nSPS) is 11.0. The smallest absolute Gasteiger partial charge is 0.161 e. The molecule has 0 aliphatic carbocycles. The van der Waals surface area contributed by atoms with E-state index in [-0.39, 0.29) is 0 Å². The van der Waals surface area contributed by atoms with Gasteiger partial charge in [0.2, 0.25) is 0 Å². The Morgan fingerprint density at radius 3 is 2.34 bits per heavy atom. The summed E-state index contributed by atoms with van der Waals surface area (Å²) in [5.41, 5.74) is 9.45. The molecule has 150 valence electrons. The van der Waals surface area contributed by atoms with Crippen molar-refractivity contribution in [2.45, 2.75) is 19.3 Å². The van der Waals surface area contributed by atoms with E-state index < -0.39 is 0 Å². The monoisotopic (exact) mass is 391 g/mol. The summed E-state index contributed by atoms with van der Waals surface area (Å²) in [6, 6.07) is 12.3. The van der Waals surface area contributed by atoms with Crippen LogP contribution in [0.2, 0.25) is 0 Å². The molecule has 0 heterocycles. The van der Waals surface area contributed by atoms with Crippen LogP contribution in [-0.2, 0) is 0 Å². The van der Waals surface area contributed by atoms with Crippen LogP contribution in [0.25, 0.3) is 38.1 Å². The topological polar surface area (TPSA) is 76.5 Å². The fraction of sp³-hybridized carbons (Fsp3) is 0.304. The lowest BCUT2D eigenvalue weighted by Crippen LogP contribution is -1.92. The Labute approximate surface area is 170 Å². The summed E-state index contributed by atoms with van der Waals surface area (Å²) in [6.07, 6.45) is 7.10. The highest BCUT2D eigenvalue weighted by Gasteiger charge is 2.12.